The van der Waals surface area contributed by atoms with Gasteiger partial charge in [-0.2, -0.15) is 0 Å². The monoisotopic (exact) mass is 286 g/mol. The topological polar surface area (TPSA) is 76.0 Å². The number of rotatable bonds is 4. The molecule has 19 heavy (non-hydrogen) atoms. The van der Waals surface area contributed by atoms with E-state index < -0.39 is 12.1 Å². The molecule has 0 fully saturated rings. The first kappa shape index (κ1) is 14.0. The summed E-state index contributed by atoms with van der Waals surface area (Å²) in [5.41, 5.74) is 0.465. The van der Waals surface area contributed by atoms with Crippen LogP contribution in [0.3, 0.4) is 0 Å². The lowest BCUT2D eigenvalue weighted by Crippen LogP contribution is -2.04. The molecule has 1 aromatic carbocycles. The maximum Gasteiger partial charge on any atom is 0.303 e. The van der Waals surface area contributed by atoms with Gasteiger partial charge in [0.25, 0.3) is 0 Å². The van der Waals surface area contributed by atoms with Gasteiger partial charge in [-0.05, 0) is 12.5 Å². The van der Waals surface area contributed by atoms with E-state index in [-0.39, 0.29) is 12.8 Å². The first-order valence-corrected chi connectivity index (χ1v) is 6.44. The van der Waals surface area contributed by atoms with Gasteiger partial charge in [0.1, 0.15) is 0 Å². The second-order valence-corrected chi connectivity index (χ2v) is 4.73. The molecule has 104 valence electrons. The number of aliphatic hydroxyl groups excluding tert-OH is 1. The van der Waals surface area contributed by atoms with Crippen LogP contribution < -0.4 is 9.47 Å². The molecule has 0 amide bonds. The fourth-order valence-electron chi connectivity index (χ4n) is 1.87. The maximum absolute atomic E-state index is 10.5. The Bertz CT molecular complexity index is 474. The lowest BCUT2D eigenvalue weighted by Gasteiger charge is -2.15. The number of aliphatic carboxylic acids is 1. The van der Waals surface area contributed by atoms with Crippen LogP contribution in [0.2, 0.25) is 5.02 Å². The summed E-state index contributed by atoms with van der Waals surface area (Å²) < 4.78 is 11.0. The Labute approximate surface area is 115 Å². The Morgan fingerprint density at radius 3 is 2.58 bits per heavy atom. The van der Waals surface area contributed by atoms with Crippen molar-refractivity contribution in [3.63, 3.8) is 0 Å². The second-order valence-electron chi connectivity index (χ2n) is 4.32. The summed E-state index contributed by atoms with van der Waals surface area (Å²) in [4.78, 5) is 10.5. The number of aliphatic hydroxyl groups is 1. The maximum atomic E-state index is 10.5. The van der Waals surface area contributed by atoms with Crippen LogP contribution >= 0.6 is 11.6 Å². The largest absolute Gasteiger partial charge is 0.490 e. The minimum absolute atomic E-state index is 0.106. The molecule has 2 N–H and O–H groups in total. The average molecular weight is 287 g/mol. The van der Waals surface area contributed by atoms with Gasteiger partial charge in [0, 0.05) is 24.5 Å². The molecular weight excluding hydrogens is 272 g/mol. The summed E-state index contributed by atoms with van der Waals surface area (Å²) in [5.74, 6) is 0.132. The molecule has 0 saturated carbocycles. The number of hydrogen-bond acceptors (Lipinski definition) is 4. The highest BCUT2D eigenvalue weighted by atomic mass is 35.5. The van der Waals surface area contributed by atoms with Crippen molar-refractivity contribution >= 4 is 17.6 Å². The van der Waals surface area contributed by atoms with E-state index in [1.807, 2.05) is 0 Å². The number of halogens is 1. The highest BCUT2D eigenvalue weighted by Crippen LogP contribution is 2.38. The molecule has 1 atom stereocenters. The Balaban J connectivity index is 2.20. The van der Waals surface area contributed by atoms with E-state index in [0.717, 1.165) is 6.42 Å². The molecule has 0 saturated heterocycles. The van der Waals surface area contributed by atoms with Crippen LogP contribution in [0.15, 0.2) is 12.1 Å². The van der Waals surface area contributed by atoms with Crippen LogP contribution in [-0.4, -0.2) is 29.4 Å². The van der Waals surface area contributed by atoms with Crippen molar-refractivity contribution in [3.8, 4) is 11.5 Å². The molecule has 6 heteroatoms. The first-order chi connectivity index (χ1) is 9.08. The van der Waals surface area contributed by atoms with Crippen molar-refractivity contribution in [2.24, 2.45) is 0 Å². The summed E-state index contributed by atoms with van der Waals surface area (Å²) in [7, 11) is 0. The Kier molecular flexibility index (Phi) is 4.50. The normalized spacial score (nSPS) is 15.7. The summed E-state index contributed by atoms with van der Waals surface area (Å²) >= 11 is 6.08. The molecule has 0 aromatic heterocycles. The Hall–Kier alpha value is -1.46. The van der Waals surface area contributed by atoms with E-state index in [0.29, 0.717) is 35.3 Å². The number of carbonyl (C=O) groups is 1. The Morgan fingerprint density at radius 2 is 1.95 bits per heavy atom. The second kappa shape index (κ2) is 6.12. The van der Waals surface area contributed by atoms with Crippen molar-refractivity contribution in [2.75, 3.05) is 13.2 Å². The summed E-state index contributed by atoms with van der Waals surface area (Å²) in [6.07, 6.45) is -0.162. The average Bonchev–Trinajstić information content (AvgIpc) is 2.59. The molecule has 0 spiro atoms. The fraction of sp³-hybridized carbons (Fsp3) is 0.462. The summed E-state index contributed by atoms with van der Waals surface area (Å²) in [6.45, 7) is 1.10. The van der Waals surface area contributed by atoms with Gasteiger partial charge in [-0.25, -0.2) is 0 Å². The lowest BCUT2D eigenvalue weighted by atomic mass is 10.0. The van der Waals surface area contributed by atoms with Crippen molar-refractivity contribution in [3.05, 3.63) is 22.7 Å². The first-order valence-electron chi connectivity index (χ1n) is 6.07. The van der Waals surface area contributed by atoms with Crippen LogP contribution in [0.1, 0.15) is 30.9 Å². The highest BCUT2D eigenvalue weighted by molar-refractivity contribution is 6.31. The molecule has 5 nitrogen and oxygen atoms in total. The number of benzene rings is 1. The molecule has 0 aliphatic carbocycles. The van der Waals surface area contributed by atoms with Gasteiger partial charge in [-0.1, -0.05) is 11.6 Å². The minimum atomic E-state index is -0.954. The van der Waals surface area contributed by atoms with Crippen LogP contribution in [0.5, 0.6) is 11.5 Å². The van der Waals surface area contributed by atoms with E-state index in [4.69, 9.17) is 26.2 Å². The van der Waals surface area contributed by atoms with Crippen LogP contribution in [0, 0.1) is 0 Å². The molecule has 0 radical (unpaired) electrons. The number of ether oxygens (including phenoxy) is 2. The molecule has 1 heterocycles. The predicted octanol–water partition coefficient (Wildman–Crippen LogP) is 2.40. The van der Waals surface area contributed by atoms with E-state index >= 15 is 0 Å². The van der Waals surface area contributed by atoms with Gasteiger partial charge >= 0.3 is 5.97 Å². The van der Waals surface area contributed by atoms with Crippen LogP contribution in [0.4, 0.5) is 0 Å². The van der Waals surface area contributed by atoms with Crippen molar-refractivity contribution in [2.45, 2.75) is 25.4 Å². The van der Waals surface area contributed by atoms with Gasteiger partial charge in [-0.15, -0.1) is 0 Å². The van der Waals surface area contributed by atoms with Gasteiger partial charge in [-0.3, -0.25) is 4.79 Å². The van der Waals surface area contributed by atoms with Crippen molar-refractivity contribution < 1.29 is 24.5 Å². The van der Waals surface area contributed by atoms with Crippen LogP contribution in [0.25, 0.3) is 0 Å². The van der Waals surface area contributed by atoms with Gasteiger partial charge < -0.3 is 19.7 Å². The van der Waals surface area contributed by atoms with Crippen molar-refractivity contribution in [1.29, 1.82) is 0 Å². The lowest BCUT2D eigenvalue weighted by molar-refractivity contribution is -0.137. The quantitative estimate of drug-likeness (QED) is 0.889. The molecule has 0 bridgehead atoms. The zero-order chi connectivity index (χ0) is 13.8. The van der Waals surface area contributed by atoms with Crippen molar-refractivity contribution in [1.82, 2.24) is 0 Å². The third-order valence-corrected chi connectivity index (χ3v) is 3.18. The number of fused-ring (bicyclic) bond motifs is 1. The molecule has 1 aliphatic heterocycles. The van der Waals surface area contributed by atoms with Gasteiger partial charge in [0.15, 0.2) is 11.5 Å². The zero-order valence-electron chi connectivity index (χ0n) is 10.3. The standard InChI is InChI=1S/C13H15ClO5/c14-9-7-12-11(18-4-1-5-19-12)6-8(9)10(15)2-3-13(16)17/h6-7,10,15H,1-5H2,(H,16,17)/t10-/m1/s1. The number of carboxylic acid groups (broad SMARTS) is 1. The number of carboxylic acids is 1. The highest BCUT2D eigenvalue weighted by Gasteiger charge is 2.19. The zero-order valence-corrected chi connectivity index (χ0v) is 11.0. The molecule has 1 aliphatic rings. The third kappa shape index (κ3) is 3.52. The predicted molar refractivity (Wildman–Crippen MR) is 68.9 cm³/mol. The molecule has 1 aromatic rings. The van der Waals surface area contributed by atoms with E-state index in [9.17, 15) is 9.90 Å². The Morgan fingerprint density at radius 1 is 1.32 bits per heavy atom. The SMILES string of the molecule is O=C(O)CC[C@@H](O)c1cc2c(cc1Cl)OCCCO2. The van der Waals surface area contributed by atoms with E-state index in [1.165, 1.54) is 0 Å². The van der Waals surface area contributed by atoms with Gasteiger partial charge in [0.05, 0.1) is 24.3 Å². The molecular formula is C13H15ClO5. The molecule has 0 unspecified atom stereocenters. The summed E-state index contributed by atoms with van der Waals surface area (Å²) in [6, 6.07) is 3.22. The smallest absolute Gasteiger partial charge is 0.303 e. The van der Waals surface area contributed by atoms with Crippen LogP contribution in [-0.2, 0) is 4.79 Å². The van der Waals surface area contributed by atoms with E-state index in [1.54, 1.807) is 12.1 Å². The fourth-order valence-corrected chi connectivity index (χ4v) is 2.15. The summed E-state index contributed by atoms with van der Waals surface area (Å²) in [5, 5.41) is 18.9. The minimum Gasteiger partial charge on any atom is -0.490 e. The number of hydrogen-bond donors (Lipinski definition) is 2. The van der Waals surface area contributed by atoms with Gasteiger partial charge in [0.2, 0.25) is 0 Å². The third-order valence-electron chi connectivity index (χ3n) is 2.86. The van der Waals surface area contributed by atoms with E-state index in [2.05, 4.69) is 0 Å². The molecule has 2 rings (SSSR count).